The highest BCUT2D eigenvalue weighted by molar-refractivity contribution is 5.79. The molecule has 1 amide bonds. The van der Waals surface area contributed by atoms with Crippen molar-refractivity contribution in [2.45, 2.75) is 50.6 Å². The zero-order valence-corrected chi connectivity index (χ0v) is 14.5. The average Bonchev–Trinajstić information content (AvgIpc) is 2.62. The summed E-state index contributed by atoms with van der Waals surface area (Å²) in [6, 6.07) is 8.60. The molecule has 2 atom stereocenters. The van der Waals surface area contributed by atoms with Crippen LogP contribution < -0.4 is 20.7 Å². The van der Waals surface area contributed by atoms with Crippen molar-refractivity contribution in [2.24, 2.45) is 11.7 Å². The van der Waals surface area contributed by atoms with E-state index >= 15 is 0 Å². The molecule has 1 heterocycles. The first-order chi connectivity index (χ1) is 11.7. The van der Waals surface area contributed by atoms with Gasteiger partial charge in [-0.1, -0.05) is 18.6 Å². The van der Waals surface area contributed by atoms with Crippen LogP contribution in [0.3, 0.4) is 0 Å². The maximum absolute atomic E-state index is 12.5. The first-order valence-electron chi connectivity index (χ1n) is 9.11. The molecule has 2 fully saturated rings. The van der Waals surface area contributed by atoms with E-state index in [0.717, 1.165) is 63.1 Å². The van der Waals surface area contributed by atoms with E-state index in [-0.39, 0.29) is 23.9 Å². The molecule has 1 aromatic carbocycles. The molecule has 1 aromatic rings. The molecular weight excluding hydrogens is 302 g/mol. The predicted molar refractivity (Wildman–Crippen MR) is 96.3 cm³/mol. The molecule has 1 saturated carbocycles. The normalized spacial score (nSPS) is 25.3. The highest BCUT2D eigenvalue weighted by Crippen LogP contribution is 2.30. The number of para-hydroxylation sites is 2. The Morgan fingerprint density at radius 1 is 1.21 bits per heavy atom. The fraction of sp³-hybridized carbons (Fsp3) is 0.632. The molecule has 2 aliphatic rings. The van der Waals surface area contributed by atoms with Gasteiger partial charge >= 0.3 is 0 Å². The van der Waals surface area contributed by atoms with Crippen LogP contribution in [0.5, 0.6) is 5.75 Å². The summed E-state index contributed by atoms with van der Waals surface area (Å²) in [7, 11) is 1.71. The number of hydrogen-bond acceptors (Lipinski definition) is 4. The molecule has 0 radical (unpaired) electrons. The highest BCUT2D eigenvalue weighted by Gasteiger charge is 2.28. The number of hydrogen-bond donors (Lipinski definition) is 2. The molecule has 5 heteroatoms. The molecule has 24 heavy (non-hydrogen) atoms. The van der Waals surface area contributed by atoms with E-state index < -0.39 is 0 Å². The number of rotatable bonds is 4. The summed E-state index contributed by atoms with van der Waals surface area (Å²) in [4.78, 5) is 14.8. The molecule has 1 saturated heterocycles. The Bertz CT molecular complexity index is 555. The Kier molecular flexibility index (Phi) is 5.61. The van der Waals surface area contributed by atoms with Crippen LogP contribution in [0.15, 0.2) is 24.3 Å². The number of nitrogens with one attached hydrogen (secondary N) is 1. The predicted octanol–water partition coefficient (Wildman–Crippen LogP) is 2.30. The number of benzene rings is 1. The Morgan fingerprint density at radius 3 is 2.67 bits per heavy atom. The highest BCUT2D eigenvalue weighted by atomic mass is 16.5. The third kappa shape index (κ3) is 4.01. The minimum absolute atomic E-state index is 0.112. The lowest BCUT2D eigenvalue weighted by Crippen LogP contribution is -2.47. The van der Waals surface area contributed by atoms with Gasteiger partial charge in [0, 0.05) is 31.1 Å². The second-order valence-corrected chi connectivity index (χ2v) is 7.07. The second-order valence-electron chi connectivity index (χ2n) is 7.07. The first kappa shape index (κ1) is 17.1. The fourth-order valence-corrected chi connectivity index (χ4v) is 3.94. The van der Waals surface area contributed by atoms with Crippen molar-refractivity contribution in [1.29, 1.82) is 0 Å². The molecule has 1 aliphatic heterocycles. The van der Waals surface area contributed by atoms with E-state index in [1.54, 1.807) is 7.11 Å². The van der Waals surface area contributed by atoms with Crippen molar-refractivity contribution in [3.63, 3.8) is 0 Å². The van der Waals surface area contributed by atoms with Crippen LogP contribution in [-0.4, -0.2) is 38.2 Å². The fourth-order valence-electron chi connectivity index (χ4n) is 3.94. The average molecular weight is 331 g/mol. The molecule has 0 bridgehead atoms. The van der Waals surface area contributed by atoms with E-state index in [1.165, 1.54) is 0 Å². The molecule has 0 spiro atoms. The van der Waals surface area contributed by atoms with Crippen LogP contribution in [0, 0.1) is 5.92 Å². The smallest absolute Gasteiger partial charge is 0.223 e. The summed E-state index contributed by atoms with van der Waals surface area (Å²) in [6.45, 7) is 1.88. The molecule has 5 nitrogen and oxygen atoms in total. The van der Waals surface area contributed by atoms with Gasteiger partial charge in [-0.25, -0.2) is 0 Å². The Morgan fingerprint density at radius 2 is 1.96 bits per heavy atom. The largest absolute Gasteiger partial charge is 0.495 e. The van der Waals surface area contributed by atoms with Gasteiger partial charge in [0.1, 0.15) is 5.75 Å². The van der Waals surface area contributed by atoms with E-state index in [4.69, 9.17) is 10.5 Å². The maximum atomic E-state index is 12.5. The lowest BCUT2D eigenvalue weighted by molar-refractivity contribution is -0.127. The molecule has 2 unspecified atom stereocenters. The summed E-state index contributed by atoms with van der Waals surface area (Å²) < 4.78 is 5.46. The van der Waals surface area contributed by atoms with Gasteiger partial charge in [0.25, 0.3) is 0 Å². The van der Waals surface area contributed by atoms with Gasteiger partial charge in [-0.3, -0.25) is 4.79 Å². The van der Waals surface area contributed by atoms with Gasteiger partial charge < -0.3 is 20.7 Å². The minimum Gasteiger partial charge on any atom is -0.495 e. The standard InChI is InChI=1S/C19H29N3O2/c1-24-18-8-3-2-7-17(18)22-11-9-16(10-12-22)21-19(23)14-5-4-6-15(20)13-14/h2-3,7-8,14-16H,4-6,9-13,20H2,1H3,(H,21,23). The van der Waals surface area contributed by atoms with E-state index in [9.17, 15) is 4.79 Å². The number of amides is 1. The number of carbonyl (C=O) groups excluding carboxylic acids is 1. The summed E-state index contributed by atoms with van der Waals surface area (Å²) >= 11 is 0. The summed E-state index contributed by atoms with van der Waals surface area (Å²) in [5.74, 6) is 1.23. The Hall–Kier alpha value is -1.75. The molecule has 0 aromatic heterocycles. The summed E-state index contributed by atoms with van der Waals surface area (Å²) in [5, 5.41) is 3.26. The lowest BCUT2D eigenvalue weighted by Gasteiger charge is -2.35. The third-order valence-electron chi connectivity index (χ3n) is 5.35. The summed E-state index contributed by atoms with van der Waals surface area (Å²) in [6.07, 6.45) is 5.91. The first-order valence-corrected chi connectivity index (χ1v) is 9.11. The molecule has 1 aliphatic carbocycles. The number of ether oxygens (including phenoxy) is 1. The van der Waals surface area contributed by atoms with Crippen LogP contribution in [0.4, 0.5) is 5.69 Å². The molecule has 3 rings (SSSR count). The third-order valence-corrected chi connectivity index (χ3v) is 5.35. The summed E-state index contributed by atoms with van der Waals surface area (Å²) in [5.41, 5.74) is 7.15. The number of methoxy groups -OCH3 is 1. The molecule has 132 valence electrons. The number of nitrogens with zero attached hydrogens (tertiary/aromatic N) is 1. The SMILES string of the molecule is COc1ccccc1N1CCC(NC(=O)C2CCCC(N)C2)CC1. The number of anilines is 1. The van der Waals surface area contributed by atoms with Crippen molar-refractivity contribution >= 4 is 11.6 Å². The van der Waals surface area contributed by atoms with Crippen LogP contribution in [-0.2, 0) is 4.79 Å². The van der Waals surface area contributed by atoms with Crippen LogP contribution in [0.25, 0.3) is 0 Å². The van der Waals surface area contributed by atoms with Crippen molar-refractivity contribution in [2.75, 3.05) is 25.1 Å². The van der Waals surface area contributed by atoms with Gasteiger partial charge in [-0.05, 0) is 44.2 Å². The molecular formula is C19H29N3O2. The maximum Gasteiger partial charge on any atom is 0.223 e. The van der Waals surface area contributed by atoms with Crippen LogP contribution in [0.2, 0.25) is 0 Å². The Labute approximate surface area is 144 Å². The monoisotopic (exact) mass is 331 g/mol. The van der Waals surface area contributed by atoms with Crippen molar-refractivity contribution in [3.8, 4) is 5.75 Å². The van der Waals surface area contributed by atoms with E-state index in [1.807, 2.05) is 18.2 Å². The number of piperidine rings is 1. The van der Waals surface area contributed by atoms with Crippen molar-refractivity contribution in [1.82, 2.24) is 5.32 Å². The Balaban J connectivity index is 1.51. The van der Waals surface area contributed by atoms with E-state index in [0.29, 0.717) is 0 Å². The van der Waals surface area contributed by atoms with Gasteiger partial charge in [-0.2, -0.15) is 0 Å². The number of carbonyl (C=O) groups is 1. The van der Waals surface area contributed by atoms with Gasteiger partial charge in [0.2, 0.25) is 5.91 Å². The molecule has 3 N–H and O–H groups in total. The van der Waals surface area contributed by atoms with Gasteiger partial charge in [0.05, 0.1) is 12.8 Å². The number of nitrogens with two attached hydrogens (primary N) is 1. The quantitative estimate of drug-likeness (QED) is 0.888. The second kappa shape index (κ2) is 7.88. The van der Waals surface area contributed by atoms with E-state index in [2.05, 4.69) is 16.3 Å². The zero-order chi connectivity index (χ0) is 16.9. The van der Waals surface area contributed by atoms with Crippen LogP contribution in [0.1, 0.15) is 38.5 Å². The van der Waals surface area contributed by atoms with Gasteiger partial charge in [0.15, 0.2) is 0 Å². The van der Waals surface area contributed by atoms with Crippen molar-refractivity contribution in [3.05, 3.63) is 24.3 Å². The zero-order valence-electron chi connectivity index (χ0n) is 14.5. The van der Waals surface area contributed by atoms with Gasteiger partial charge in [-0.15, -0.1) is 0 Å². The minimum atomic E-state index is 0.112. The topological polar surface area (TPSA) is 67.6 Å². The van der Waals surface area contributed by atoms with Crippen LogP contribution >= 0.6 is 0 Å². The van der Waals surface area contributed by atoms with Crippen molar-refractivity contribution < 1.29 is 9.53 Å². The lowest BCUT2D eigenvalue weighted by atomic mass is 9.85.